The second-order valence-electron chi connectivity index (χ2n) is 6.73. The largest absolute Gasteiger partial charge is 0.339 e. The van der Waals surface area contributed by atoms with Gasteiger partial charge >= 0.3 is 0 Å². The van der Waals surface area contributed by atoms with Crippen LogP contribution < -0.4 is 4.31 Å². The van der Waals surface area contributed by atoms with Crippen LogP contribution in [0.25, 0.3) is 0 Å². The second-order valence-corrected chi connectivity index (χ2v) is 9.07. The summed E-state index contributed by atoms with van der Waals surface area (Å²) in [7, 11) is -3.63. The van der Waals surface area contributed by atoms with E-state index in [2.05, 4.69) is 0 Å². The molecule has 0 atom stereocenters. The fourth-order valence-corrected chi connectivity index (χ4v) is 4.04. The predicted octanol–water partition coefficient (Wildman–Crippen LogP) is 1.19. The molecule has 2 fully saturated rings. The average Bonchev–Trinajstić information content (AvgIpc) is 3.43. The van der Waals surface area contributed by atoms with Crippen LogP contribution in [0.1, 0.15) is 12.8 Å². The molecular weight excluding hydrogens is 378 g/mol. The molecule has 1 saturated carbocycles. The van der Waals surface area contributed by atoms with Gasteiger partial charge in [-0.05, 0) is 31.0 Å². The molecule has 142 valence electrons. The van der Waals surface area contributed by atoms with Crippen LogP contribution in [-0.2, 0) is 19.6 Å². The first-order valence-electron chi connectivity index (χ1n) is 8.55. The molecule has 1 aliphatic carbocycles. The summed E-state index contributed by atoms with van der Waals surface area (Å²) in [5.74, 6) is 0.0588. The van der Waals surface area contributed by atoms with Crippen molar-refractivity contribution in [1.29, 1.82) is 0 Å². The molecule has 0 spiro atoms. The Balaban J connectivity index is 1.64. The average molecular weight is 400 g/mol. The number of carbonyl (C=O) groups is 2. The van der Waals surface area contributed by atoms with Crippen molar-refractivity contribution in [3.05, 3.63) is 29.3 Å². The number of benzene rings is 1. The normalized spacial score (nSPS) is 17.9. The Hall–Kier alpha value is -1.80. The monoisotopic (exact) mass is 399 g/mol. The Morgan fingerprint density at radius 1 is 1.15 bits per heavy atom. The van der Waals surface area contributed by atoms with E-state index >= 15 is 0 Å². The van der Waals surface area contributed by atoms with E-state index in [1.807, 2.05) is 0 Å². The van der Waals surface area contributed by atoms with E-state index in [0.29, 0.717) is 36.9 Å². The van der Waals surface area contributed by atoms with Crippen LogP contribution in [0, 0.1) is 5.92 Å². The van der Waals surface area contributed by atoms with Crippen LogP contribution in [0.3, 0.4) is 0 Å². The maximum atomic E-state index is 12.6. The van der Waals surface area contributed by atoms with Gasteiger partial charge in [0.25, 0.3) is 0 Å². The summed E-state index contributed by atoms with van der Waals surface area (Å²) in [6.07, 6.45) is 2.98. The Labute approximate surface area is 158 Å². The lowest BCUT2D eigenvalue weighted by atomic mass is 10.2. The number of halogens is 1. The first kappa shape index (κ1) is 19.0. The number of sulfonamides is 1. The number of hydrogen-bond donors (Lipinski definition) is 0. The van der Waals surface area contributed by atoms with Gasteiger partial charge in [0.15, 0.2) is 0 Å². The van der Waals surface area contributed by atoms with Gasteiger partial charge < -0.3 is 9.80 Å². The zero-order chi connectivity index (χ0) is 18.9. The summed E-state index contributed by atoms with van der Waals surface area (Å²) in [4.78, 5) is 28.1. The molecule has 0 unspecified atom stereocenters. The smallest absolute Gasteiger partial charge is 0.243 e. The van der Waals surface area contributed by atoms with Crippen molar-refractivity contribution in [3.8, 4) is 0 Å². The molecule has 1 aromatic rings. The molecule has 0 radical (unpaired) electrons. The highest BCUT2D eigenvalue weighted by atomic mass is 35.5. The number of nitrogens with zero attached hydrogens (tertiary/aromatic N) is 3. The summed E-state index contributed by atoms with van der Waals surface area (Å²) in [5.41, 5.74) is 0.357. The molecule has 0 N–H and O–H groups in total. The third-order valence-corrected chi connectivity index (χ3v) is 6.02. The Morgan fingerprint density at radius 3 is 2.31 bits per heavy atom. The van der Waals surface area contributed by atoms with Crippen molar-refractivity contribution in [1.82, 2.24) is 9.80 Å². The summed E-state index contributed by atoms with van der Waals surface area (Å²) >= 11 is 5.95. The SMILES string of the molecule is CS(=O)(=O)N(CC(=O)N1CCN(C(=O)C2CC2)CC1)c1cccc(Cl)c1. The lowest BCUT2D eigenvalue weighted by Crippen LogP contribution is -2.53. The summed E-state index contributed by atoms with van der Waals surface area (Å²) in [6, 6.07) is 6.40. The molecule has 3 rings (SSSR count). The van der Waals surface area contributed by atoms with Crippen LogP contribution in [0.4, 0.5) is 5.69 Å². The van der Waals surface area contributed by atoms with Crippen LogP contribution in [0.2, 0.25) is 5.02 Å². The van der Waals surface area contributed by atoms with Crippen molar-refractivity contribution in [2.75, 3.05) is 43.3 Å². The van der Waals surface area contributed by atoms with Crippen LogP contribution in [-0.4, -0.2) is 69.0 Å². The summed E-state index contributed by atoms with van der Waals surface area (Å²) in [5, 5.41) is 0.399. The minimum Gasteiger partial charge on any atom is -0.339 e. The Morgan fingerprint density at radius 2 is 1.77 bits per heavy atom. The van der Waals surface area contributed by atoms with E-state index < -0.39 is 10.0 Å². The second kappa shape index (κ2) is 7.44. The van der Waals surface area contributed by atoms with E-state index in [4.69, 9.17) is 11.6 Å². The van der Waals surface area contributed by atoms with Gasteiger partial charge in [0.1, 0.15) is 6.54 Å². The number of amides is 2. The van der Waals surface area contributed by atoms with E-state index in [-0.39, 0.29) is 24.3 Å². The van der Waals surface area contributed by atoms with Gasteiger partial charge in [-0.1, -0.05) is 17.7 Å². The molecule has 9 heteroatoms. The fourth-order valence-electron chi connectivity index (χ4n) is 3.02. The number of anilines is 1. The molecule has 1 heterocycles. The molecule has 7 nitrogen and oxygen atoms in total. The van der Waals surface area contributed by atoms with Crippen molar-refractivity contribution >= 4 is 39.1 Å². The molecule has 1 saturated heterocycles. The highest BCUT2D eigenvalue weighted by Crippen LogP contribution is 2.31. The maximum absolute atomic E-state index is 12.6. The van der Waals surface area contributed by atoms with Gasteiger partial charge in [-0.25, -0.2) is 8.42 Å². The van der Waals surface area contributed by atoms with Gasteiger partial charge in [-0.3, -0.25) is 13.9 Å². The minimum absolute atomic E-state index is 0.167. The van der Waals surface area contributed by atoms with Gasteiger partial charge in [-0.15, -0.1) is 0 Å². The summed E-state index contributed by atoms with van der Waals surface area (Å²) < 4.78 is 25.3. The van der Waals surface area contributed by atoms with Gasteiger partial charge in [0.05, 0.1) is 11.9 Å². The van der Waals surface area contributed by atoms with E-state index in [9.17, 15) is 18.0 Å². The lowest BCUT2D eigenvalue weighted by Gasteiger charge is -2.36. The lowest BCUT2D eigenvalue weighted by molar-refractivity contribution is -0.139. The molecular formula is C17H22ClN3O4S. The number of rotatable bonds is 5. The van der Waals surface area contributed by atoms with Gasteiger partial charge in [0, 0.05) is 37.1 Å². The highest BCUT2D eigenvalue weighted by Gasteiger charge is 2.35. The zero-order valence-electron chi connectivity index (χ0n) is 14.6. The van der Waals surface area contributed by atoms with E-state index in [1.165, 1.54) is 6.07 Å². The first-order valence-corrected chi connectivity index (χ1v) is 10.8. The van der Waals surface area contributed by atoms with Crippen LogP contribution in [0.5, 0.6) is 0 Å². The first-order chi connectivity index (χ1) is 12.3. The molecule has 2 amide bonds. The molecule has 1 aromatic carbocycles. The fraction of sp³-hybridized carbons (Fsp3) is 0.529. The van der Waals surface area contributed by atoms with Crippen molar-refractivity contribution < 1.29 is 18.0 Å². The third kappa shape index (κ3) is 4.48. The van der Waals surface area contributed by atoms with E-state index in [1.54, 1.807) is 28.0 Å². The molecule has 2 aliphatic rings. The molecule has 0 aromatic heterocycles. The van der Waals surface area contributed by atoms with Crippen molar-refractivity contribution in [3.63, 3.8) is 0 Å². The topological polar surface area (TPSA) is 78.0 Å². The quantitative estimate of drug-likeness (QED) is 0.745. The molecule has 0 bridgehead atoms. The molecule has 1 aliphatic heterocycles. The highest BCUT2D eigenvalue weighted by molar-refractivity contribution is 7.92. The number of hydrogen-bond acceptors (Lipinski definition) is 4. The maximum Gasteiger partial charge on any atom is 0.243 e. The number of carbonyl (C=O) groups excluding carboxylic acids is 2. The predicted molar refractivity (Wildman–Crippen MR) is 99.5 cm³/mol. The standard InChI is InChI=1S/C17H22ClN3O4S/c1-26(24,25)21(15-4-2-3-14(18)11-15)12-16(22)19-7-9-20(10-8-19)17(23)13-5-6-13/h2-4,11,13H,5-10,12H2,1H3. The number of piperazine rings is 1. The molecule has 26 heavy (non-hydrogen) atoms. The summed E-state index contributed by atoms with van der Waals surface area (Å²) in [6.45, 7) is 1.55. The van der Waals surface area contributed by atoms with Crippen LogP contribution in [0.15, 0.2) is 24.3 Å². The zero-order valence-corrected chi connectivity index (χ0v) is 16.2. The van der Waals surface area contributed by atoms with Gasteiger partial charge in [-0.2, -0.15) is 0 Å². The third-order valence-electron chi connectivity index (χ3n) is 4.65. The Bertz CT molecular complexity index is 802. The van der Waals surface area contributed by atoms with E-state index in [0.717, 1.165) is 23.4 Å². The minimum atomic E-state index is -3.63. The Kier molecular flexibility index (Phi) is 5.43. The van der Waals surface area contributed by atoms with Crippen molar-refractivity contribution in [2.24, 2.45) is 5.92 Å². The van der Waals surface area contributed by atoms with Gasteiger partial charge in [0.2, 0.25) is 21.8 Å². The van der Waals surface area contributed by atoms with Crippen LogP contribution >= 0.6 is 11.6 Å². The van der Waals surface area contributed by atoms with Crippen molar-refractivity contribution in [2.45, 2.75) is 12.8 Å².